The zero-order valence-electron chi connectivity index (χ0n) is 15.7. The fourth-order valence-corrected chi connectivity index (χ4v) is 3.61. The van der Waals surface area contributed by atoms with E-state index in [0.717, 1.165) is 57.7 Å². The molecule has 26 heavy (non-hydrogen) atoms. The number of carbonyl (C=O) groups is 1. The molecule has 3 rings (SSSR count). The van der Waals surface area contributed by atoms with E-state index in [-0.39, 0.29) is 17.6 Å². The number of hydrogen-bond acceptors (Lipinski definition) is 6. The number of rotatable bonds is 5. The van der Waals surface area contributed by atoms with Crippen LogP contribution < -0.4 is 15.8 Å². The Balaban J connectivity index is 1.42. The quantitative estimate of drug-likeness (QED) is 0.792. The lowest BCUT2D eigenvalue weighted by Crippen LogP contribution is -2.46. The molecule has 1 amide bonds. The van der Waals surface area contributed by atoms with Gasteiger partial charge in [0.05, 0.1) is 24.6 Å². The van der Waals surface area contributed by atoms with Crippen LogP contribution in [0.3, 0.4) is 0 Å². The molecule has 144 valence electrons. The van der Waals surface area contributed by atoms with Gasteiger partial charge >= 0.3 is 0 Å². The van der Waals surface area contributed by atoms with Gasteiger partial charge in [0.2, 0.25) is 5.91 Å². The second-order valence-electron chi connectivity index (χ2n) is 7.14. The molecular formula is C18H29N5O3. The lowest BCUT2D eigenvalue weighted by molar-refractivity contribution is -0.129. The van der Waals surface area contributed by atoms with Crippen molar-refractivity contribution in [2.45, 2.75) is 38.3 Å². The molecule has 8 heteroatoms. The molecule has 3 heterocycles. The van der Waals surface area contributed by atoms with Crippen LogP contribution in [0.5, 0.6) is 0 Å². The van der Waals surface area contributed by atoms with E-state index >= 15 is 0 Å². The highest BCUT2D eigenvalue weighted by Gasteiger charge is 2.23. The normalized spacial score (nSPS) is 21.8. The number of hydrogen-bond donors (Lipinski definition) is 1. The van der Waals surface area contributed by atoms with Gasteiger partial charge in [-0.2, -0.15) is 5.10 Å². The first-order valence-electron chi connectivity index (χ1n) is 9.42. The molecule has 1 aromatic heterocycles. The van der Waals surface area contributed by atoms with Crippen molar-refractivity contribution in [1.82, 2.24) is 20.0 Å². The molecule has 0 saturated carbocycles. The van der Waals surface area contributed by atoms with Gasteiger partial charge in [0.25, 0.3) is 5.56 Å². The summed E-state index contributed by atoms with van der Waals surface area (Å²) in [6.07, 6.45) is 4.84. The Labute approximate surface area is 154 Å². The number of anilines is 1. The number of morpholine rings is 1. The van der Waals surface area contributed by atoms with Crippen LogP contribution in [0.25, 0.3) is 0 Å². The molecule has 2 aliphatic rings. The van der Waals surface area contributed by atoms with Crippen molar-refractivity contribution in [3.63, 3.8) is 0 Å². The predicted octanol–water partition coefficient (Wildman–Crippen LogP) is -0.0239. The molecule has 0 unspecified atom stereocenters. The first-order valence-corrected chi connectivity index (χ1v) is 9.42. The number of piperidine rings is 1. The van der Waals surface area contributed by atoms with Crippen LogP contribution in [0.4, 0.5) is 5.69 Å². The van der Waals surface area contributed by atoms with Crippen LogP contribution in [0.2, 0.25) is 0 Å². The largest absolute Gasteiger partial charge is 0.374 e. The van der Waals surface area contributed by atoms with Gasteiger partial charge in [-0.15, -0.1) is 0 Å². The second-order valence-corrected chi connectivity index (χ2v) is 7.14. The lowest BCUT2D eigenvalue weighted by Gasteiger charge is -2.35. The summed E-state index contributed by atoms with van der Waals surface area (Å²) in [6.45, 7) is 6.45. The third-order valence-electron chi connectivity index (χ3n) is 5.30. The number of likely N-dealkylation sites (tertiary alicyclic amines) is 1. The summed E-state index contributed by atoms with van der Waals surface area (Å²) in [5.74, 6) is 0.171. The monoisotopic (exact) mass is 363 g/mol. The smallest absolute Gasteiger partial charge is 0.268 e. The average molecular weight is 363 g/mol. The number of nitrogens with zero attached hydrogens (tertiary/aromatic N) is 4. The number of aromatic nitrogens is 2. The standard InChI is InChI=1S/C18H29N5O3/c1-14(24)22-7-4-15(5-8-22)19-6-3-17-13-23(9-10-26-17)16-11-18(25)21(2)20-12-16/h11-12,15,17,19H,3-10,13H2,1-2H3/t17-/m1/s1. The predicted molar refractivity (Wildman–Crippen MR) is 99.3 cm³/mol. The first-order chi connectivity index (χ1) is 12.5. The van der Waals surface area contributed by atoms with Crippen LogP contribution in [0, 0.1) is 0 Å². The molecule has 2 fully saturated rings. The molecule has 8 nitrogen and oxygen atoms in total. The highest BCUT2D eigenvalue weighted by atomic mass is 16.5. The summed E-state index contributed by atoms with van der Waals surface area (Å²) in [6, 6.07) is 2.11. The van der Waals surface area contributed by atoms with Crippen LogP contribution >= 0.6 is 0 Å². The van der Waals surface area contributed by atoms with Crippen molar-refractivity contribution in [1.29, 1.82) is 0 Å². The summed E-state index contributed by atoms with van der Waals surface area (Å²) < 4.78 is 7.22. The van der Waals surface area contributed by atoms with Gasteiger partial charge in [-0.25, -0.2) is 4.68 Å². The minimum Gasteiger partial charge on any atom is -0.374 e. The highest BCUT2D eigenvalue weighted by molar-refractivity contribution is 5.73. The molecule has 0 aromatic carbocycles. The van der Waals surface area contributed by atoms with E-state index in [4.69, 9.17) is 4.74 Å². The fourth-order valence-electron chi connectivity index (χ4n) is 3.61. The molecule has 1 atom stereocenters. The fraction of sp³-hybridized carbons (Fsp3) is 0.722. The second kappa shape index (κ2) is 8.64. The van der Waals surface area contributed by atoms with E-state index in [1.165, 1.54) is 4.68 Å². The molecule has 1 aromatic rings. The molecule has 0 aliphatic carbocycles. The zero-order valence-corrected chi connectivity index (χ0v) is 15.7. The molecule has 2 saturated heterocycles. The maximum atomic E-state index is 11.8. The summed E-state index contributed by atoms with van der Waals surface area (Å²) in [7, 11) is 1.65. The van der Waals surface area contributed by atoms with Crippen LogP contribution in [-0.4, -0.2) is 72.1 Å². The number of ether oxygens (including phenoxy) is 1. The number of amides is 1. The maximum absolute atomic E-state index is 11.8. The summed E-state index contributed by atoms with van der Waals surface area (Å²) in [4.78, 5) is 27.2. The van der Waals surface area contributed by atoms with E-state index in [1.807, 2.05) is 4.90 Å². The minimum atomic E-state index is -0.0934. The van der Waals surface area contributed by atoms with Crippen molar-refractivity contribution >= 4 is 11.6 Å². The van der Waals surface area contributed by atoms with E-state index in [1.54, 1.807) is 26.2 Å². The molecule has 0 bridgehead atoms. The van der Waals surface area contributed by atoms with Crippen molar-refractivity contribution in [2.75, 3.05) is 44.2 Å². The SMILES string of the molecule is CC(=O)N1CCC(NCC[C@@H]2CN(c3cnn(C)c(=O)c3)CCO2)CC1. The third-order valence-corrected chi connectivity index (χ3v) is 5.30. The lowest BCUT2D eigenvalue weighted by atomic mass is 10.0. The van der Waals surface area contributed by atoms with Gasteiger partial charge in [-0.3, -0.25) is 9.59 Å². The Morgan fingerprint density at radius 3 is 2.81 bits per heavy atom. The van der Waals surface area contributed by atoms with Crippen LogP contribution in [0.15, 0.2) is 17.1 Å². The Kier molecular flexibility index (Phi) is 6.26. The van der Waals surface area contributed by atoms with Gasteiger partial charge in [-0.05, 0) is 25.8 Å². The first kappa shape index (κ1) is 18.8. The van der Waals surface area contributed by atoms with Crippen LogP contribution in [-0.2, 0) is 16.6 Å². The number of aryl methyl sites for hydroxylation is 1. The molecule has 0 spiro atoms. The van der Waals surface area contributed by atoms with Gasteiger partial charge in [0, 0.05) is 52.3 Å². The van der Waals surface area contributed by atoms with E-state index in [9.17, 15) is 9.59 Å². The molecule has 0 radical (unpaired) electrons. The summed E-state index contributed by atoms with van der Waals surface area (Å²) in [5.41, 5.74) is 0.773. The maximum Gasteiger partial charge on any atom is 0.268 e. The molecule has 1 N–H and O–H groups in total. The van der Waals surface area contributed by atoms with Crippen molar-refractivity contribution in [2.24, 2.45) is 7.05 Å². The topological polar surface area (TPSA) is 79.7 Å². The Morgan fingerprint density at radius 2 is 2.12 bits per heavy atom. The van der Waals surface area contributed by atoms with Gasteiger partial charge in [0.1, 0.15) is 0 Å². The number of nitrogens with one attached hydrogen (secondary N) is 1. The molecule has 2 aliphatic heterocycles. The number of carbonyl (C=O) groups excluding carboxylic acids is 1. The van der Waals surface area contributed by atoms with Gasteiger partial charge < -0.3 is 19.9 Å². The van der Waals surface area contributed by atoms with E-state index in [2.05, 4.69) is 15.3 Å². The molecular weight excluding hydrogens is 334 g/mol. The van der Waals surface area contributed by atoms with Crippen molar-refractivity contribution in [3.05, 3.63) is 22.6 Å². The van der Waals surface area contributed by atoms with Crippen molar-refractivity contribution in [3.8, 4) is 0 Å². The Morgan fingerprint density at radius 1 is 1.35 bits per heavy atom. The summed E-state index contributed by atoms with van der Waals surface area (Å²) >= 11 is 0. The van der Waals surface area contributed by atoms with E-state index < -0.39 is 0 Å². The van der Waals surface area contributed by atoms with Gasteiger partial charge in [-0.1, -0.05) is 0 Å². The minimum absolute atomic E-state index is 0.0934. The third kappa shape index (κ3) is 4.82. The Bertz CT molecular complexity index is 669. The Hall–Kier alpha value is -1.93. The zero-order chi connectivity index (χ0) is 18.5. The van der Waals surface area contributed by atoms with E-state index in [0.29, 0.717) is 12.6 Å². The summed E-state index contributed by atoms with van der Waals surface area (Å²) in [5, 5.41) is 7.70. The van der Waals surface area contributed by atoms with Crippen molar-refractivity contribution < 1.29 is 9.53 Å². The van der Waals surface area contributed by atoms with Gasteiger partial charge in [0.15, 0.2) is 0 Å². The average Bonchev–Trinajstić information content (AvgIpc) is 2.65. The van der Waals surface area contributed by atoms with Crippen LogP contribution in [0.1, 0.15) is 26.2 Å². The highest BCUT2D eigenvalue weighted by Crippen LogP contribution is 2.16.